The summed E-state index contributed by atoms with van der Waals surface area (Å²) < 4.78 is 0. The van der Waals surface area contributed by atoms with Crippen molar-refractivity contribution in [3.05, 3.63) is 128 Å². The average Bonchev–Trinajstić information content (AvgIpc) is 3.35. The number of halogens is 2. The van der Waals surface area contributed by atoms with Crippen molar-refractivity contribution in [1.82, 2.24) is 5.43 Å². The first-order valence-electron chi connectivity index (χ1n) is 11.0. The summed E-state index contributed by atoms with van der Waals surface area (Å²) in [6.07, 6.45) is 0. The molecule has 0 saturated heterocycles. The van der Waals surface area contributed by atoms with Crippen molar-refractivity contribution >= 4 is 57.7 Å². The van der Waals surface area contributed by atoms with Gasteiger partial charge in [0.25, 0.3) is 11.6 Å². The van der Waals surface area contributed by atoms with Gasteiger partial charge >= 0.3 is 0 Å². The molecule has 184 valence electrons. The first-order chi connectivity index (χ1) is 17.9. The smallest absolute Gasteiger partial charge is 0.298 e. The van der Waals surface area contributed by atoms with Crippen molar-refractivity contribution in [3.63, 3.8) is 0 Å². The lowest BCUT2D eigenvalue weighted by Crippen LogP contribution is -2.45. The summed E-state index contributed by atoms with van der Waals surface area (Å²) in [4.78, 5) is 24.0. The Kier molecular flexibility index (Phi) is 6.63. The molecule has 0 aliphatic carbocycles. The molecule has 0 unspecified atom stereocenters. The fourth-order valence-corrected chi connectivity index (χ4v) is 4.08. The lowest BCUT2D eigenvalue weighted by atomic mass is 10.2. The molecular formula is C26H18Cl2N6O3. The summed E-state index contributed by atoms with van der Waals surface area (Å²) in [6, 6.07) is 27.2. The monoisotopic (exact) mass is 532 g/mol. The number of hydrogen-bond donors (Lipinski definition) is 2. The van der Waals surface area contributed by atoms with Crippen LogP contribution < -0.4 is 21.0 Å². The molecule has 9 nitrogen and oxygen atoms in total. The third-order valence-electron chi connectivity index (χ3n) is 5.43. The number of rotatable bonds is 6. The number of nitro benzene ring substituents is 1. The van der Waals surface area contributed by atoms with E-state index in [1.165, 1.54) is 22.4 Å². The summed E-state index contributed by atoms with van der Waals surface area (Å²) in [5, 5.41) is 23.0. The maximum atomic E-state index is 12.7. The Balaban J connectivity index is 1.55. The van der Waals surface area contributed by atoms with Crippen LogP contribution in [-0.4, -0.2) is 16.7 Å². The summed E-state index contributed by atoms with van der Waals surface area (Å²) in [5.74, 6) is 0.135. The van der Waals surface area contributed by atoms with Crippen molar-refractivity contribution in [3.8, 4) is 0 Å². The molecular weight excluding hydrogens is 515 g/mol. The van der Waals surface area contributed by atoms with Crippen LogP contribution in [0.15, 0.2) is 102 Å². The molecule has 5 rings (SSSR count). The molecule has 0 saturated carbocycles. The van der Waals surface area contributed by atoms with Crippen LogP contribution in [-0.2, 0) is 0 Å². The maximum absolute atomic E-state index is 12.7. The highest BCUT2D eigenvalue weighted by Gasteiger charge is 2.32. The lowest BCUT2D eigenvalue weighted by molar-refractivity contribution is -0.384. The quantitative estimate of drug-likeness (QED) is 0.224. The summed E-state index contributed by atoms with van der Waals surface area (Å²) >= 11 is 12.2. The molecule has 0 fully saturated rings. The van der Waals surface area contributed by atoms with Gasteiger partial charge in [0.2, 0.25) is 0 Å². The van der Waals surface area contributed by atoms with Gasteiger partial charge in [-0.1, -0.05) is 59.6 Å². The molecule has 0 bridgehead atoms. The van der Waals surface area contributed by atoms with Gasteiger partial charge < -0.3 is 5.32 Å². The lowest BCUT2D eigenvalue weighted by Gasteiger charge is -2.27. The van der Waals surface area contributed by atoms with Gasteiger partial charge in [-0.15, -0.1) is 5.10 Å². The highest BCUT2D eigenvalue weighted by molar-refractivity contribution is 6.31. The number of hydrogen-bond acceptors (Lipinski definition) is 7. The minimum atomic E-state index is -0.519. The predicted molar refractivity (Wildman–Crippen MR) is 145 cm³/mol. The summed E-state index contributed by atoms with van der Waals surface area (Å²) in [6.45, 7) is 0. The number of nitrogens with zero attached hydrogens (tertiary/aromatic N) is 4. The van der Waals surface area contributed by atoms with Crippen molar-refractivity contribution in [2.24, 2.45) is 5.10 Å². The molecule has 11 heteroatoms. The zero-order valence-corrected chi connectivity index (χ0v) is 20.5. The number of carbonyl (C=O) groups excluding carboxylic acids is 1. The van der Waals surface area contributed by atoms with Crippen LogP contribution in [0.4, 0.5) is 22.7 Å². The van der Waals surface area contributed by atoms with Gasteiger partial charge in [-0.3, -0.25) is 20.3 Å². The standard InChI is InChI=1S/C26H18Cl2N6O3/c27-19-9-4-8-18(14-19)25-30-32(33(31-25)23-13-12-20(28)15-24(23)34(36)37)22-11-5-10-21(16-22)29-26(35)17-6-2-1-3-7-17/h1-16H,(H,29,35)(H,30,31). The zero-order valence-electron chi connectivity index (χ0n) is 19.0. The Morgan fingerprint density at radius 2 is 1.65 bits per heavy atom. The number of amides is 1. The molecule has 37 heavy (non-hydrogen) atoms. The first kappa shape index (κ1) is 24.1. The third-order valence-corrected chi connectivity index (χ3v) is 5.90. The number of hydrazone groups is 1. The maximum Gasteiger partial charge on any atom is 0.298 e. The highest BCUT2D eigenvalue weighted by Crippen LogP contribution is 2.35. The van der Waals surface area contributed by atoms with E-state index in [-0.39, 0.29) is 22.3 Å². The van der Waals surface area contributed by atoms with E-state index < -0.39 is 4.92 Å². The van der Waals surface area contributed by atoms with Crippen LogP contribution in [0.1, 0.15) is 15.9 Å². The van der Waals surface area contributed by atoms with E-state index in [0.717, 1.165) is 0 Å². The second-order valence-corrected chi connectivity index (χ2v) is 8.81. The Hall–Kier alpha value is -4.60. The number of anilines is 3. The average molecular weight is 533 g/mol. The Bertz CT molecular complexity index is 1530. The molecule has 0 aromatic heterocycles. The minimum absolute atomic E-state index is 0.203. The van der Waals surface area contributed by atoms with Gasteiger partial charge in [-0.25, -0.2) is 0 Å². The van der Waals surface area contributed by atoms with E-state index in [9.17, 15) is 14.9 Å². The van der Waals surface area contributed by atoms with E-state index in [0.29, 0.717) is 33.4 Å². The van der Waals surface area contributed by atoms with Crippen LogP contribution in [0.5, 0.6) is 0 Å². The van der Waals surface area contributed by atoms with E-state index in [4.69, 9.17) is 23.2 Å². The first-order valence-corrected chi connectivity index (χ1v) is 11.8. The van der Waals surface area contributed by atoms with Gasteiger partial charge in [0.15, 0.2) is 11.5 Å². The van der Waals surface area contributed by atoms with Crippen LogP contribution in [0.2, 0.25) is 10.0 Å². The van der Waals surface area contributed by atoms with Gasteiger partial charge in [-0.2, -0.15) is 10.2 Å². The van der Waals surface area contributed by atoms with E-state index in [2.05, 4.69) is 15.8 Å². The number of carbonyl (C=O) groups is 1. The molecule has 1 aliphatic heterocycles. The van der Waals surface area contributed by atoms with E-state index >= 15 is 0 Å². The highest BCUT2D eigenvalue weighted by atomic mass is 35.5. The largest absolute Gasteiger partial charge is 0.322 e. The summed E-state index contributed by atoms with van der Waals surface area (Å²) in [5.41, 5.74) is 5.32. The SMILES string of the molecule is O=C(Nc1cccc(N2N=C(c3cccc(Cl)c3)NN2c2ccc(Cl)cc2[N+](=O)[O-])c1)c1ccccc1. The number of nitro groups is 1. The van der Waals surface area contributed by atoms with Crippen LogP contribution in [0, 0.1) is 10.1 Å². The fraction of sp³-hybridized carbons (Fsp3) is 0. The Morgan fingerprint density at radius 1 is 0.892 bits per heavy atom. The number of amidine groups is 1. The predicted octanol–water partition coefficient (Wildman–Crippen LogP) is 6.26. The fourth-order valence-electron chi connectivity index (χ4n) is 3.73. The van der Waals surface area contributed by atoms with E-state index in [1.54, 1.807) is 72.8 Å². The summed E-state index contributed by atoms with van der Waals surface area (Å²) in [7, 11) is 0. The molecule has 0 spiro atoms. The van der Waals surface area contributed by atoms with E-state index in [1.807, 2.05) is 12.1 Å². The Labute approximate surface area is 221 Å². The van der Waals surface area contributed by atoms with Crippen molar-refractivity contribution < 1.29 is 9.72 Å². The number of benzene rings is 4. The van der Waals surface area contributed by atoms with Crippen LogP contribution in [0.3, 0.4) is 0 Å². The van der Waals surface area contributed by atoms with Gasteiger partial charge in [-0.05, 0) is 54.6 Å². The second-order valence-electron chi connectivity index (χ2n) is 7.93. The molecule has 4 aromatic rings. The number of hydrazine groups is 2. The molecule has 0 atom stereocenters. The normalized spacial score (nSPS) is 12.6. The van der Waals surface area contributed by atoms with Gasteiger partial charge in [0.1, 0.15) is 0 Å². The van der Waals surface area contributed by atoms with Crippen molar-refractivity contribution in [2.75, 3.05) is 15.6 Å². The minimum Gasteiger partial charge on any atom is -0.322 e. The number of nitrogens with one attached hydrogen (secondary N) is 2. The van der Waals surface area contributed by atoms with Crippen molar-refractivity contribution in [2.45, 2.75) is 0 Å². The van der Waals surface area contributed by atoms with Crippen LogP contribution >= 0.6 is 23.2 Å². The van der Waals surface area contributed by atoms with Crippen LogP contribution in [0.25, 0.3) is 0 Å². The Morgan fingerprint density at radius 3 is 2.41 bits per heavy atom. The second kappa shape index (κ2) is 10.2. The van der Waals surface area contributed by atoms with Gasteiger partial charge in [0.05, 0.1) is 10.6 Å². The topological polar surface area (TPSA) is 103 Å². The zero-order chi connectivity index (χ0) is 25.9. The molecule has 1 heterocycles. The van der Waals surface area contributed by atoms with Crippen molar-refractivity contribution in [1.29, 1.82) is 0 Å². The third kappa shape index (κ3) is 5.18. The molecule has 1 amide bonds. The molecule has 4 aromatic carbocycles. The molecule has 1 aliphatic rings. The molecule has 0 radical (unpaired) electrons. The molecule has 2 N–H and O–H groups in total. The van der Waals surface area contributed by atoms with Gasteiger partial charge in [0, 0.05) is 32.9 Å².